The molecule has 0 atom stereocenters. The maximum Gasteiger partial charge on any atom is 0.345 e. The van der Waals surface area contributed by atoms with Gasteiger partial charge in [-0.25, -0.2) is 33.3 Å². The monoisotopic (exact) mass is 735 g/mol. The second kappa shape index (κ2) is 13.5. The molecule has 8 heterocycles. The van der Waals surface area contributed by atoms with Crippen LogP contribution in [0.25, 0.3) is 55.2 Å². The molecule has 2 fully saturated rings. The molecule has 0 saturated carbocycles. The summed E-state index contributed by atoms with van der Waals surface area (Å²) in [6.07, 6.45) is 8.68. The molecule has 2 N–H and O–H groups in total. The van der Waals surface area contributed by atoms with Crippen LogP contribution in [0.3, 0.4) is 0 Å². The van der Waals surface area contributed by atoms with Gasteiger partial charge in [-0.1, -0.05) is 0 Å². The molecule has 16 heteroatoms. The summed E-state index contributed by atoms with van der Waals surface area (Å²) in [6, 6.07) is 11.2. The fraction of sp³-hybridized carbons (Fsp3) is 0.216. The zero-order valence-corrected chi connectivity index (χ0v) is 28.9. The van der Waals surface area contributed by atoms with Gasteiger partial charge in [0, 0.05) is 112 Å². The highest BCUT2D eigenvalue weighted by atomic mass is 32.1. The predicted octanol–water partition coefficient (Wildman–Crippen LogP) is 4.77. The van der Waals surface area contributed by atoms with Crippen molar-refractivity contribution in [3.8, 4) is 22.5 Å². The van der Waals surface area contributed by atoms with Crippen LogP contribution in [0.2, 0.25) is 0 Å². The first-order valence-corrected chi connectivity index (χ1v) is 17.9. The molecular weight excluding hydrogens is 705 g/mol. The Morgan fingerprint density at radius 1 is 0.679 bits per heavy atom. The van der Waals surface area contributed by atoms with Gasteiger partial charge in [0.05, 0.1) is 33.3 Å². The lowest BCUT2D eigenvalue weighted by Gasteiger charge is -2.29. The van der Waals surface area contributed by atoms with Crippen molar-refractivity contribution in [2.75, 3.05) is 62.2 Å². The first-order valence-electron chi connectivity index (χ1n) is 17.1. The number of hydrogen-bond acceptors (Lipinski definition) is 12. The van der Waals surface area contributed by atoms with Gasteiger partial charge >= 0.3 is 11.3 Å². The van der Waals surface area contributed by atoms with Gasteiger partial charge in [-0.2, -0.15) is 0 Å². The topological polar surface area (TPSA) is 138 Å². The van der Waals surface area contributed by atoms with Gasteiger partial charge in [-0.3, -0.25) is 8.80 Å². The number of halogens is 2. The number of nitrogens with one attached hydrogen (secondary N) is 2. The number of benzene rings is 2. The average Bonchev–Trinajstić information content (AvgIpc) is 3.91. The molecule has 53 heavy (non-hydrogen) atoms. The van der Waals surface area contributed by atoms with E-state index in [0.717, 1.165) is 63.0 Å². The van der Waals surface area contributed by atoms with Crippen LogP contribution >= 0.6 is 11.3 Å². The Bertz CT molecular complexity index is 2700. The summed E-state index contributed by atoms with van der Waals surface area (Å²) in [4.78, 5) is 42.8. The lowest BCUT2D eigenvalue weighted by atomic mass is 10.1. The molecule has 13 nitrogen and oxygen atoms in total. The zero-order valence-electron chi connectivity index (χ0n) is 28.1. The second-order valence-electron chi connectivity index (χ2n) is 12.7. The Hall–Kier alpha value is -5.97. The van der Waals surface area contributed by atoms with Gasteiger partial charge in [-0.05, 0) is 30.3 Å². The second-order valence-corrected chi connectivity index (χ2v) is 13.6. The molecule has 0 unspecified atom stereocenters. The minimum absolute atomic E-state index is 0.210. The van der Waals surface area contributed by atoms with Crippen LogP contribution < -0.4 is 31.7 Å². The molecule has 2 aromatic carbocycles. The summed E-state index contributed by atoms with van der Waals surface area (Å²) >= 11 is 1.47. The molecule has 10 rings (SSSR count). The first-order chi connectivity index (χ1) is 25.9. The van der Waals surface area contributed by atoms with E-state index in [1.165, 1.54) is 35.6 Å². The van der Waals surface area contributed by atoms with Crippen molar-refractivity contribution in [3.63, 3.8) is 0 Å². The predicted molar refractivity (Wildman–Crippen MR) is 199 cm³/mol. The summed E-state index contributed by atoms with van der Waals surface area (Å²) in [7, 11) is 0. The number of fused-ring (bicyclic) bond motifs is 4. The SMILES string of the molecule is O=c1oc2cc(N3CCNCC3)cc(F)c2cc1-c1cn2cccnc2n1.O=c1oc2cc(N3CCNCC3)cc(F)c2cc1-c1cn2ccsc2n1. The lowest BCUT2D eigenvalue weighted by molar-refractivity contribution is 0.555. The Balaban J connectivity index is 0.000000141. The van der Waals surface area contributed by atoms with Crippen LogP contribution in [-0.4, -0.2) is 76.1 Å². The van der Waals surface area contributed by atoms with Crippen LogP contribution in [0.5, 0.6) is 0 Å². The normalized spacial score (nSPS) is 15.1. The molecule has 0 bridgehead atoms. The lowest BCUT2D eigenvalue weighted by Crippen LogP contribution is -2.43. The summed E-state index contributed by atoms with van der Waals surface area (Å²) < 4.78 is 44.0. The van der Waals surface area contributed by atoms with Crippen molar-refractivity contribution >= 4 is 55.4 Å². The summed E-state index contributed by atoms with van der Waals surface area (Å²) in [5.41, 5.74) is 2.23. The summed E-state index contributed by atoms with van der Waals surface area (Å²) in [6.45, 7) is 6.51. The van der Waals surface area contributed by atoms with Crippen molar-refractivity contribution < 1.29 is 17.6 Å². The molecule has 2 saturated heterocycles. The largest absolute Gasteiger partial charge is 0.422 e. The quantitative estimate of drug-likeness (QED) is 0.242. The maximum atomic E-state index is 14.8. The van der Waals surface area contributed by atoms with E-state index in [1.54, 1.807) is 47.4 Å². The van der Waals surface area contributed by atoms with Gasteiger partial charge in [-0.15, -0.1) is 11.3 Å². The standard InChI is InChI=1S/C19H16FN5O2.C18H15FN4O2S/c20-15-8-12(24-6-3-21-4-7-24)9-17-13(15)10-14(18(26)27-17)16-11-25-5-1-2-22-19(25)23-16;19-14-7-11(22-3-1-20-2-4-22)8-16-12(14)9-13(17(24)25-16)15-10-23-5-6-26-18(23)21-15/h1-2,5,8-11,21H,3-4,6-7H2;5-10,20H,1-4H2. The van der Waals surface area contributed by atoms with Gasteiger partial charge in [0.25, 0.3) is 0 Å². The van der Waals surface area contributed by atoms with Gasteiger partial charge in [0.15, 0.2) is 4.96 Å². The molecule has 0 aliphatic carbocycles. The number of aromatic nitrogens is 5. The van der Waals surface area contributed by atoms with Crippen LogP contribution in [0, 0.1) is 11.6 Å². The number of anilines is 2. The number of piperazine rings is 2. The highest BCUT2D eigenvalue weighted by Gasteiger charge is 2.20. The summed E-state index contributed by atoms with van der Waals surface area (Å²) in [5.74, 6) is -0.364. The third-order valence-electron chi connectivity index (χ3n) is 9.42. The molecule has 8 aromatic rings. The van der Waals surface area contributed by atoms with Crippen molar-refractivity contribution in [2.24, 2.45) is 0 Å². The van der Waals surface area contributed by atoms with Gasteiger partial charge in [0.1, 0.15) is 22.8 Å². The van der Waals surface area contributed by atoms with Crippen molar-refractivity contribution in [3.05, 3.63) is 111 Å². The van der Waals surface area contributed by atoms with Crippen molar-refractivity contribution in [2.45, 2.75) is 0 Å². The highest BCUT2D eigenvalue weighted by Crippen LogP contribution is 2.30. The van der Waals surface area contributed by atoms with E-state index in [-0.39, 0.29) is 33.1 Å². The molecular formula is C37H31F2N9O4S. The average molecular weight is 736 g/mol. The van der Waals surface area contributed by atoms with Crippen LogP contribution in [-0.2, 0) is 0 Å². The molecule has 2 aliphatic rings. The fourth-order valence-corrected chi connectivity index (χ4v) is 7.41. The third-order valence-corrected chi connectivity index (χ3v) is 10.2. The minimum atomic E-state index is -0.553. The van der Waals surface area contributed by atoms with Gasteiger partial charge < -0.3 is 29.3 Å². The molecule has 2 aliphatic heterocycles. The van der Waals surface area contributed by atoms with E-state index < -0.39 is 22.9 Å². The number of rotatable bonds is 4. The van der Waals surface area contributed by atoms with E-state index in [1.807, 2.05) is 16.0 Å². The molecule has 0 amide bonds. The molecule has 6 aromatic heterocycles. The van der Waals surface area contributed by atoms with E-state index >= 15 is 0 Å². The van der Waals surface area contributed by atoms with Crippen LogP contribution in [0.15, 0.2) is 97.3 Å². The first kappa shape index (κ1) is 32.9. The van der Waals surface area contributed by atoms with Crippen LogP contribution in [0.1, 0.15) is 0 Å². The number of thiazole rings is 1. The third kappa shape index (κ3) is 6.30. The van der Waals surface area contributed by atoms with Crippen molar-refractivity contribution in [1.29, 1.82) is 0 Å². The Kier molecular flexibility index (Phi) is 8.41. The number of nitrogens with zero attached hydrogens (tertiary/aromatic N) is 7. The Labute approximate surface area is 302 Å². The number of hydrogen-bond donors (Lipinski definition) is 2. The zero-order chi connectivity index (χ0) is 36.1. The van der Waals surface area contributed by atoms with Crippen molar-refractivity contribution in [1.82, 2.24) is 34.4 Å². The van der Waals surface area contributed by atoms with E-state index in [2.05, 4.69) is 35.4 Å². The summed E-state index contributed by atoms with van der Waals surface area (Å²) in [5, 5.41) is 8.98. The molecule has 0 spiro atoms. The number of imidazole rings is 2. The maximum absolute atomic E-state index is 14.8. The highest BCUT2D eigenvalue weighted by molar-refractivity contribution is 7.15. The van der Waals surface area contributed by atoms with E-state index in [4.69, 9.17) is 8.83 Å². The van der Waals surface area contributed by atoms with Crippen LogP contribution in [0.4, 0.5) is 20.2 Å². The Morgan fingerprint density at radius 2 is 1.23 bits per heavy atom. The van der Waals surface area contributed by atoms with Gasteiger partial charge in [0.2, 0.25) is 5.78 Å². The van der Waals surface area contributed by atoms with E-state index in [0.29, 0.717) is 22.9 Å². The Morgan fingerprint density at radius 3 is 1.77 bits per heavy atom. The van der Waals surface area contributed by atoms with E-state index in [9.17, 15) is 18.4 Å². The fourth-order valence-electron chi connectivity index (χ4n) is 6.71. The molecule has 268 valence electrons. The minimum Gasteiger partial charge on any atom is -0.422 e. The smallest absolute Gasteiger partial charge is 0.345 e. The molecule has 0 radical (unpaired) electrons.